The minimum absolute atomic E-state index is 0.876. The van der Waals surface area contributed by atoms with E-state index in [4.69, 9.17) is 0 Å². The normalized spacial score (nSPS) is 10.9. The minimum Gasteiger partial charge on any atom is -0.326 e. The van der Waals surface area contributed by atoms with Crippen molar-refractivity contribution in [2.75, 3.05) is 0 Å². The van der Waals surface area contributed by atoms with Gasteiger partial charge in [0.25, 0.3) is 0 Å². The van der Waals surface area contributed by atoms with E-state index in [-0.39, 0.29) is 0 Å². The van der Waals surface area contributed by atoms with Gasteiger partial charge in [0.1, 0.15) is 0 Å². The maximum absolute atomic E-state index is 4.48. The first-order valence-electron chi connectivity index (χ1n) is 5.79. The number of benzene rings is 2. The number of nitrogens with zero attached hydrogens (tertiary/aromatic N) is 2. The SMILES string of the molecule is Cc1cccc2c1ncn2Cc1ccccc1. The van der Waals surface area contributed by atoms with Crippen LogP contribution in [0.4, 0.5) is 0 Å². The van der Waals surface area contributed by atoms with Crippen LogP contribution in [-0.2, 0) is 6.54 Å². The van der Waals surface area contributed by atoms with E-state index in [1.807, 2.05) is 12.4 Å². The standard InChI is InChI=1S/C15H14N2/c1-12-6-5-9-14-15(12)16-11-17(14)10-13-7-3-2-4-8-13/h2-9,11H,10H2,1H3. The van der Waals surface area contributed by atoms with Gasteiger partial charge in [-0.25, -0.2) is 4.98 Å². The summed E-state index contributed by atoms with van der Waals surface area (Å²) < 4.78 is 2.19. The average Bonchev–Trinajstić information content (AvgIpc) is 2.76. The summed E-state index contributed by atoms with van der Waals surface area (Å²) in [4.78, 5) is 4.48. The molecule has 0 aliphatic carbocycles. The van der Waals surface area contributed by atoms with Crippen LogP contribution in [0.2, 0.25) is 0 Å². The smallest absolute Gasteiger partial charge is 0.0961 e. The molecule has 2 aromatic carbocycles. The van der Waals surface area contributed by atoms with Gasteiger partial charge in [-0.15, -0.1) is 0 Å². The second-order valence-electron chi connectivity index (χ2n) is 4.30. The number of hydrogen-bond donors (Lipinski definition) is 0. The quantitative estimate of drug-likeness (QED) is 0.650. The van der Waals surface area contributed by atoms with Crippen LogP contribution in [0.5, 0.6) is 0 Å². The van der Waals surface area contributed by atoms with Crippen LogP contribution in [0.25, 0.3) is 11.0 Å². The summed E-state index contributed by atoms with van der Waals surface area (Å²) in [5.74, 6) is 0. The van der Waals surface area contributed by atoms with E-state index >= 15 is 0 Å². The third-order valence-corrected chi connectivity index (χ3v) is 3.05. The molecule has 1 heterocycles. The van der Waals surface area contributed by atoms with Crippen molar-refractivity contribution in [3.8, 4) is 0 Å². The lowest BCUT2D eigenvalue weighted by atomic mass is 10.2. The molecule has 0 spiro atoms. The highest BCUT2D eigenvalue weighted by Crippen LogP contribution is 2.17. The molecule has 3 aromatic rings. The minimum atomic E-state index is 0.876. The molecule has 2 nitrogen and oxygen atoms in total. The van der Waals surface area contributed by atoms with Gasteiger partial charge < -0.3 is 4.57 Å². The molecule has 0 unspecified atom stereocenters. The van der Waals surface area contributed by atoms with Gasteiger partial charge in [0.05, 0.1) is 17.4 Å². The maximum atomic E-state index is 4.48. The van der Waals surface area contributed by atoms with Gasteiger partial charge in [0.15, 0.2) is 0 Å². The number of para-hydroxylation sites is 1. The maximum Gasteiger partial charge on any atom is 0.0961 e. The van der Waals surface area contributed by atoms with Gasteiger partial charge in [0.2, 0.25) is 0 Å². The lowest BCUT2D eigenvalue weighted by Gasteiger charge is -2.04. The largest absolute Gasteiger partial charge is 0.326 e. The molecule has 0 amide bonds. The number of aromatic nitrogens is 2. The molecule has 1 aromatic heterocycles. The summed E-state index contributed by atoms with van der Waals surface area (Å²) in [7, 11) is 0. The third kappa shape index (κ3) is 1.82. The van der Waals surface area contributed by atoms with Crippen molar-refractivity contribution in [3.05, 3.63) is 66.0 Å². The predicted octanol–water partition coefficient (Wildman–Crippen LogP) is 3.39. The zero-order valence-electron chi connectivity index (χ0n) is 9.80. The molecule has 17 heavy (non-hydrogen) atoms. The molecule has 0 atom stereocenters. The summed E-state index contributed by atoms with van der Waals surface area (Å²) in [6, 6.07) is 16.8. The summed E-state index contributed by atoms with van der Waals surface area (Å²) in [5.41, 5.74) is 4.83. The molecule has 0 N–H and O–H groups in total. The van der Waals surface area contributed by atoms with Crippen LogP contribution in [0.1, 0.15) is 11.1 Å². The van der Waals surface area contributed by atoms with Crippen LogP contribution in [0.15, 0.2) is 54.9 Å². The van der Waals surface area contributed by atoms with Crippen molar-refractivity contribution < 1.29 is 0 Å². The fraction of sp³-hybridized carbons (Fsp3) is 0.133. The summed E-state index contributed by atoms with van der Waals surface area (Å²) in [6.07, 6.45) is 1.92. The van der Waals surface area contributed by atoms with Crippen LogP contribution in [-0.4, -0.2) is 9.55 Å². The highest BCUT2D eigenvalue weighted by atomic mass is 15.0. The Labute approximate surface area is 101 Å². The molecule has 84 valence electrons. The van der Waals surface area contributed by atoms with E-state index in [1.54, 1.807) is 0 Å². The zero-order chi connectivity index (χ0) is 11.7. The van der Waals surface area contributed by atoms with Crippen molar-refractivity contribution in [2.45, 2.75) is 13.5 Å². The van der Waals surface area contributed by atoms with E-state index in [0.717, 1.165) is 12.1 Å². The van der Waals surface area contributed by atoms with Crippen LogP contribution in [0.3, 0.4) is 0 Å². The van der Waals surface area contributed by atoms with Gasteiger partial charge in [0, 0.05) is 6.54 Å². The summed E-state index contributed by atoms with van der Waals surface area (Å²) in [6.45, 7) is 2.98. The molecule has 0 fully saturated rings. The molecule has 0 saturated carbocycles. The van der Waals surface area contributed by atoms with Crippen molar-refractivity contribution >= 4 is 11.0 Å². The first-order chi connectivity index (χ1) is 8.34. The highest BCUT2D eigenvalue weighted by Gasteiger charge is 2.04. The van der Waals surface area contributed by atoms with Gasteiger partial charge in [-0.05, 0) is 24.1 Å². The van der Waals surface area contributed by atoms with E-state index in [1.165, 1.54) is 16.6 Å². The van der Waals surface area contributed by atoms with E-state index in [2.05, 4.69) is 58.9 Å². The van der Waals surface area contributed by atoms with Crippen molar-refractivity contribution in [1.82, 2.24) is 9.55 Å². The molecule has 0 aliphatic rings. The average molecular weight is 222 g/mol. The Morgan fingerprint density at radius 1 is 1.00 bits per heavy atom. The molecule has 0 radical (unpaired) electrons. The van der Waals surface area contributed by atoms with E-state index in [0.29, 0.717) is 0 Å². The van der Waals surface area contributed by atoms with Gasteiger partial charge >= 0.3 is 0 Å². The Kier molecular flexibility index (Phi) is 2.41. The third-order valence-electron chi connectivity index (χ3n) is 3.05. The molecular formula is C15H14N2. The Morgan fingerprint density at radius 3 is 2.65 bits per heavy atom. The van der Waals surface area contributed by atoms with Crippen LogP contribution in [0, 0.1) is 6.92 Å². The van der Waals surface area contributed by atoms with Crippen LogP contribution >= 0.6 is 0 Å². The highest BCUT2D eigenvalue weighted by molar-refractivity contribution is 5.78. The van der Waals surface area contributed by atoms with Gasteiger partial charge in [-0.3, -0.25) is 0 Å². The molecule has 0 aliphatic heterocycles. The number of rotatable bonds is 2. The Hall–Kier alpha value is -2.09. The zero-order valence-corrected chi connectivity index (χ0v) is 9.80. The van der Waals surface area contributed by atoms with Crippen molar-refractivity contribution in [2.24, 2.45) is 0 Å². The molecule has 3 rings (SSSR count). The first-order valence-corrected chi connectivity index (χ1v) is 5.79. The fourth-order valence-electron chi connectivity index (χ4n) is 2.14. The molecular weight excluding hydrogens is 208 g/mol. The fourth-order valence-corrected chi connectivity index (χ4v) is 2.14. The summed E-state index contributed by atoms with van der Waals surface area (Å²) in [5, 5.41) is 0. The van der Waals surface area contributed by atoms with Crippen LogP contribution < -0.4 is 0 Å². The lowest BCUT2D eigenvalue weighted by Crippen LogP contribution is -1.97. The van der Waals surface area contributed by atoms with Gasteiger partial charge in [-0.1, -0.05) is 42.5 Å². The number of hydrogen-bond acceptors (Lipinski definition) is 1. The Morgan fingerprint density at radius 2 is 1.82 bits per heavy atom. The van der Waals surface area contributed by atoms with Gasteiger partial charge in [-0.2, -0.15) is 0 Å². The first kappa shape index (κ1) is 10.1. The molecule has 0 saturated heterocycles. The second kappa shape index (κ2) is 4.06. The Bertz CT molecular complexity index is 638. The summed E-state index contributed by atoms with van der Waals surface area (Å²) >= 11 is 0. The van der Waals surface area contributed by atoms with Crippen molar-refractivity contribution in [1.29, 1.82) is 0 Å². The predicted molar refractivity (Wildman–Crippen MR) is 70.0 cm³/mol. The molecule has 0 bridgehead atoms. The van der Waals surface area contributed by atoms with E-state index < -0.39 is 0 Å². The topological polar surface area (TPSA) is 17.8 Å². The Balaban J connectivity index is 2.05. The molecule has 2 heteroatoms. The monoisotopic (exact) mass is 222 g/mol. The lowest BCUT2D eigenvalue weighted by molar-refractivity contribution is 0.824. The number of aryl methyl sites for hydroxylation is 1. The second-order valence-corrected chi connectivity index (χ2v) is 4.30. The van der Waals surface area contributed by atoms with Crippen molar-refractivity contribution in [3.63, 3.8) is 0 Å². The number of imidazole rings is 1. The van der Waals surface area contributed by atoms with E-state index in [9.17, 15) is 0 Å². The number of fused-ring (bicyclic) bond motifs is 1.